The molecule has 12 atom stereocenters. The van der Waals surface area contributed by atoms with E-state index >= 15 is 4.79 Å². The van der Waals surface area contributed by atoms with Gasteiger partial charge in [0.25, 0.3) is 5.91 Å². The molecule has 1 aliphatic rings. The Kier molecular flexibility index (Phi) is 45.1. The normalized spacial score (nSPS) is 15.4. The Morgan fingerprint density at radius 1 is 0.677 bits per heavy atom. The van der Waals surface area contributed by atoms with Crippen LogP contribution in [-0.4, -0.2) is 257 Å². The van der Waals surface area contributed by atoms with Gasteiger partial charge in [0.05, 0.1) is 25.3 Å². The van der Waals surface area contributed by atoms with Gasteiger partial charge in [-0.2, -0.15) is 0 Å². The van der Waals surface area contributed by atoms with Crippen molar-refractivity contribution >= 4 is 140 Å². The third-order valence-electron chi connectivity index (χ3n) is 19.8. The molecule has 2 unspecified atom stereocenters. The molecule has 124 heavy (non-hydrogen) atoms. The molecular formula is C79H114N14O28S3. The predicted octanol–water partition coefficient (Wildman–Crippen LogP) is 3.68. The number of aromatic nitrogens is 1. The lowest BCUT2D eigenvalue weighted by atomic mass is 9.92. The van der Waals surface area contributed by atoms with E-state index in [0.717, 1.165) is 52.7 Å². The van der Waals surface area contributed by atoms with Crippen molar-refractivity contribution in [2.75, 3.05) is 45.0 Å². The molecule has 1 aliphatic heterocycles. The summed E-state index contributed by atoms with van der Waals surface area (Å²) in [5.41, 5.74) is 3.81. The van der Waals surface area contributed by atoms with E-state index in [0.29, 0.717) is 42.5 Å². The maximum atomic E-state index is 15.0. The molecule has 0 aliphatic carbocycles. The first kappa shape index (κ1) is 105. The first-order valence-corrected chi connectivity index (χ1v) is 43.5. The number of aromatic hydroxyl groups is 1. The first-order chi connectivity index (χ1) is 58.5. The number of likely N-dealkylation sites (tertiary alicyclic amines) is 1. The summed E-state index contributed by atoms with van der Waals surface area (Å²) in [5, 5.41) is 90.8. The number of phenols is 1. The van der Waals surface area contributed by atoms with Gasteiger partial charge in [-0.3, -0.25) is 67.9 Å². The van der Waals surface area contributed by atoms with E-state index < -0.39 is 206 Å². The average Bonchev–Trinajstić information content (AvgIpc) is 1.28. The number of rotatable bonds is 54. The predicted molar refractivity (Wildman–Crippen MR) is 447 cm³/mol. The molecule has 1 fully saturated rings. The van der Waals surface area contributed by atoms with E-state index in [1.54, 1.807) is 19.1 Å². The fourth-order valence-electron chi connectivity index (χ4n) is 12.6. The van der Waals surface area contributed by atoms with Crippen LogP contribution in [0.3, 0.4) is 0 Å². The molecule has 4 rings (SSSR count). The molecule has 3 aromatic rings. The highest BCUT2D eigenvalue weighted by Crippen LogP contribution is 2.33. The lowest BCUT2D eigenvalue weighted by Gasteiger charge is -2.39. The Hall–Kier alpha value is -11.6. The van der Waals surface area contributed by atoms with Gasteiger partial charge in [0.15, 0.2) is 12.8 Å². The number of thiazole rings is 1. The number of amides is 12. The van der Waals surface area contributed by atoms with E-state index in [2.05, 4.69) is 63.7 Å². The van der Waals surface area contributed by atoms with Gasteiger partial charge in [-0.05, 0) is 119 Å². The lowest BCUT2D eigenvalue weighted by molar-refractivity contribution is -0.161. The average molecular weight is 1800 g/mol. The zero-order valence-electron chi connectivity index (χ0n) is 70.4. The summed E-state index contributed by atoms with van der Waals surface area (Å²) in [6.07, 6.45) is -2.22. The molecule has 2 aromatic carbocycles. The van der Waals surface area contributed by atoms with Gasteiger partial charge in [-0.15, -0.1) is 11.3 Å². The van der Waals surface area contributed by atoms with Crippen LogP contribution in [0.15, 0.2) is 53.9 Å². The zero-order valence-corrected chi connectivity index (χ0v) is 72.8. The molecular weight excluding hydrogens is 1690 g/mol. The maximum Gasteiger partial charge on any atom is 0.426 e. The highest BCUT2D eigenvalue weighted by Gasteiger charge is 2.42. The largest absolute Gasteiger partial charge is 0.508 e. The fraction of sp³-hybridized carbons (Fsp3) is 0.582. The molecule has 686 valence electrons. The van der Waals surface area contributed by atoms with E-state index in [1.807, 2.05) is 39.6 Å². The summed E-state index contributed by atoms with van der Waals surface area (Å²) in [4.78, 5) is 239. The third kappa shape index (κ3) is 38.0. The molecule has 42 nitrogen and oxygen atoms in total. The minimum absolute atomic E-state index is 0.00221. The van der Waals surface area contributed by atoms with Crippen LogP contribution in [0.5, 0.6) is 5.75 Å². The number of carboxylic acid groups (broad SMARTS) is 6. The summed E-state index contributed by atoms with van der Waals surface area (Å²) in [5.74, 6) is -18.2. The van der Waals surface area contributed by atoms with E-state index in [-0.39, 0.29) is 110 Å². The number of carboxylic acids is 6. The number of piperidine rings is 1. The SMILES string of the molecule is CCCC(=O)OCN(C(=O)[C@@H](NC(=O)[C@H]1CCCCN1C)C(C)CC)[C@H](C[C@@H](OC(C)=O)c1nc(C(=O)N[C@@H](Cc2ccc(O)cc2)C[C@H](C)C(=O)NNC(=O)OCCSSC[C@H](NC(=O)[C@H](CC(=O)O)NC(=O)[C@H](CC(=O)O)NC(=O)Cc2ccc(CNC(=O)NCCCC[C@@H](NC(=O)NC(C)(CCC(=O)O)C(=O)O)C(=O)O)cc2)C(=O)O)cs1)C(C)C. The third-order valence-corrected chi connectivity index (χ3v) is 23.1. The maximum absolute atomic E-state index is 15.0. The zero-order chi connectivity index (χ0) is 92.5. The number of aliphatic carboxylic acids is 6. The number of benzene rings is 2. The quantitative estimate of drug-likeness (QED) is 0.00957. The molecule has 0 bridgehead atoms. The van der Waals surface area contributed by atoms with Gasteiger partial charge < -0.3 is 103 Å². The van der Waals surface area contributed by atoms with Crippen molar-refractivity contribution in [1.82, 2.24) is 73.5 Å². The lowest BCUT2D eigenvalue weighted by Crippen LogP contribution is -2.59. The number of nitrogens with one attached hydrogen (secondary N) is 11. The van der Waals surface area contributed by atoms with Crippen molar-refractivity contribution in [3.8, 4) is 5.75 Å². The summed E-state index contributed by atoms with van der Waals surface area (Å²) >= 11 is 1.000. The van der Waals surface area contributed by atoms with Crippen LogP contribution < -0.4 is 58.7 Å². The number of urea groups is 2. The molecule has 2 heterocycles. The van der Waals surface area contributed by atoms with Gasteiger partial charge in [0.1, 0.15) is 58.8 Å². The number of esters is 2. The molecule has 12 amide bonds. The van der Waals surface area contributed by atoms with Crippen LogP contribution in [0.1, 0.15) is 190 Å². The summed E-state index contributed by atoms with van der Waals surface area (Å²) in [6.45, 7) is 12.9. The van der Waals surface area contributed by atoms with Gasteiger partial charge in [-0.1, -0.05) is 112 Å². The summed E-state index contributed by atoms with van der Waals surface area (Å²) < 4.78 is 16.7. The first-order valence-electron chi connectivity index (χ1n) is 40.1. The Bertz CT molecular complexity index is 4160. The van der Waals surface area contributed by atoms with Crippen LogP contribution in [0.25, 0.3) is 0 Å². The van der Waals surface area contributed by atoms with Gasteiger partial charge in [-0.25, -0.2) is 39.2 Å². The second-order valence-electron chi connectivity index (χ2n) is 30.2. The number of phenolic OH excluding ortho intramolecular Hbond substituents is 1. The van der Waals surface area contributed by atoms with E-state index in [9.17, 15) is 112 Å². The highest BCUT2D eigenvalue weighted by molar-refractivity contribution is 8.76. The van der Waals surface area contributed by atoms with E-state index in [4.69, 9.17) is 19.3 Å². The van der Waals surface area contributed by atoms with Crippen molar-refractivity contribution in [2.24, 2.45) is 17.8 Å². The van der Waals surface area contributed by atoms with E-state index in [1.165, 1.54) is 60.5 Å². The smallest absolute Gasteiger partial charge is 0.426 e. The second kappa shape index (κ2) is 53.4. The topological polar surface area (TPSA) is 628 Å². The molecule has 18 N–H and O–H groups in total. The number of ether oxygens (including phenoxy) is 3. The number of carbonyl (C=O) groups excluding carboxylic acids is 12. The fourth-order valence-corrected chi connectivity index (χ4v) is 15.4. The Morgan fingerprint density at radius 2 is 1.31 bits per heavy atom. The molecule has 0 saturated carbocycles. The van der Waals surface area contributed by atoms with Crippen LogP contribution in [0, 0.1) is 17.8 Å². The Balaban J connectivity index is 1.29. The number of nitrogens with zero attached hydrogens (tertiary/aromatic N) is 3. The number of hydrogen-bond acceptors (Lipinski definition) is 27. The molecule has 0 spiro atoms. The van der Waals surface area contributed by atoms with Crippen LogP contribution in [0.2, 0.25) is 0 Å². The van der Waals surface area contributed by atoms with Crippen molar-refractivity contribution in [3.63, 3.8) is 0 Å². The number of unbranched alkanes of at least 4 members (excludes halogenated alkanes) is 1. The van der Waals surface area contributed by atoms with Gasteiger partial charge >= 0.3 is 65.9 Å². The molecule has 45 heteroatoms. The van der Waals surface area contributed by atoms with Crippen molar-refractivity contribution in [3.05, 3.63) is 81.3 Å². The molecule has 0 radical (unpaired) electrons. The number of hydrogen-bond donors (Lipinski definition) is 18. The summed E-state index contributed by atoms with van der Waals surface area (Å²) in [7, 11) is 3.70. The standard InChI is InChI=1S/C79H114N14O28S3/c1-10-16-64(103)120-42-93(72(109)65(44(5)11-2)88-70(108)57-18-13-15-30-92(57)9)58(43(3)4)38-59(121-46(7)94)71-86-55(40-122-71)69(107)82-50(34-47-23-25-51(95)26-24-47)33-45(6)66(104)90-91-78(118)119-31-32-123-124-41-56(74(112)113)85-68(106)54(37-63(101)102)84-67(105)53(36-62(99)100)83-60(96)35-48-19-21-49(22-20-48)39-81-76(116)80-29-14-12-17-52(73(110)111)87-77(117)89-79(8,75(114)115)28-27-61(97)98/h19-26,40,43-45,50,52-54,56-59,65,95H,10-18,27-39,41-42H2,1-9H3,(H,82,107)(H,83,96)(H,84,105)(H,85,106)(H,88,108)(H,90,104)(H,91,118)(H,97,98)(H,99,100)(H,101,102)(H,110,111)(H,112,113)(H,114,115)(H2,80,81,116)(H2,87,89,117)/t44?,45-,50+,52+,53-,54-,56-,57+,58+,59+,65-,79?/m0/s1. The minimum Gasteiger partial charge on any atom is -0.508 e. The Labute approximate surface area is 727 Å². The summed E-state index contributed by atoms with van der Waals surface area (Å²) in [6, 6.07) is 0.179. The number of hydrazine groups is 1. The number of likely N-dealkylation sites (N-methyl/N-ethyl adjacent to an activating group) is 1. The highest BCUT2D eigenvalue weighted by atomic mass is 33.1. The molecule has 1 saturated heterocycles. The van der Waals surface area contributed by atoms with Crippen molar-refractivity contribution < 1.29 is 136 Å². The molecule has 1 aromatic heterocycles. The van der Waals surface area contributed by atoms with Crippen molar-refractivity contribution in [2.45, 2.75) is 231 Å². The van der Waals surface area contributed by atoms with Crippen LogP contribution in [0.4, 0.5) is 14.4 Å². The van der Waals surface area contributed by atoms with Crippen molar-refractivity contribution in [1.29, 1.82) is 0 Å². The van der Waals surface area contributed by atoms with Gasteiger partial charge in [0, 0.05) is 74.2 Å². The monoisotopic (exact) mass is 1800 g/mol. The van der Waals surface area contributed by atoms with Gasteiger partial charge in [0.2, 0.25) is 35.4 Å². The Morgan fingerprint density at radius 3 is 1.90 bits per heavy atom. The number of carbonyl (C=O) groups is 18. The second-order valence-corrected chi connectivity index (χ2v) is 33.7. The van der Waals surface area contributed by atoms with Crippen LogP contribution in [-0.2, 0) is 101 Å². The van der Waals surface area contributed by atoms with Crippen LogP contribution >= 0.6 is 32.9 Å². The minimum atomic E-state index is -2.01.